The molecule has 0 aromatic heterocycles. The summed E-state index contributed by atoms with van der Waals surface area (Å²) in [4.78, 5) is 25.7. The fourth-order valence-electron chi connectivity index (χ4n) is 2.78. The van der Waals surface area contributed by atoms with Gasteiger partial charge in [0.05, 0.1) is 24.3 Å². The normalized spacial score (nSPS) is 18.0. The molecule has 1 aliphatic rings. The monoisotopic (exact) mass is 305 g/mol. The predicted molar refractivity (Wildman–Crippen MR) is 83.3 cm³/mol. The molecule has 1 atom stereocenters. The molecule has 1 fully saturated rings. The van der Waals surface area contributed by atoms with Crippen molar-refractivity contribution >= 4 is 11.9 Å². The van der Waals surface area contributed by atoms with E-state index in [1.54, 1.807) is 19.1 Å². The molecule has 0 radical (unpaired) electrons. The highest BCUT2D eigenvalue weighted by Crippen LogP contribution is 2.22. The Bertz CT molecular complexity index is 568. The SMILES string of the molecule is Cc1cc(C(=O)O)cc(C(=O)N2CCCC2COC(C)C)c1. The van der Waals surface area contributed by atoms with Crippen molar-refractivity contribution < 1.29 is 19.4 Å². The fourth-order valence-corrected chi connectivity index (χ4v) is 2.78. The summed E-state index contributed by atoms with van der Waals surface area (Å²) >= 11 is 0. The number of carbonyl (C=O) groups is 2. The van der Waals surface area contributed by atoms with Crippen molar-refractivity contribution in [3.8, 4) is 0 Å². The molecule has 1 N–H and O–H groups in total. The van der Waals surface area contributed by atoms with Gasteiger partial charge in [-0.1, -0.05) is 0 Å². The average Bonchev–Trinajstić information content (AvgIpc) is 2.91. The molecule has 22 heavy (non-hydrogen) atoms. The third-order valence-corrected chi connectivity index (χ3v) is 3.83. The van der Waals surface area contributed by atoms with Crippen molar-refractivity contribution in [2.45, 2.75) is 45.8 Å². The second kappa shape index (κ2) is 6.92. The summed E-state index contributed by atoms with van der Waals surface area (Å²) in [5.41, 5.74) is 1.36. The Labute approximate surface area is 130 Å². The Morgan fingerprint density at radius 3 is 2.64 bits per heavy atom. The lowest BCUT2D eigenvalue weighted by atomic mass is 10.1. The highest BCUT2D eigenvalue weighted by Gasteiger charge is 2.30. The number of carbonyl (C=O) groups excluding carboxylic acids is 1. The van der Waals surface area contributed by atoms with Crippen LogP contribution in [-0.4, -0.2) is 47.2 Å². The first kappa shape index (κ1) is 16.5. The van der Waals surface area contributed by atoms with E-state index in [1.165, 1.54) is 6.07 Å². The van der Waals surface area contributed by atoms with Crippen LogP contribution in [-0.2, 0) is 4.74 Å². The summed E-state index contributed by atoms with van der Waals surface area (Å²) in [7, 11) is 0. The van der Waals surface area contributed by atoms with Gasteiger partial charge >= 0.3 is 5.97 Å². The van der Waals surface area contributed by atoms with E-state index in [0.29, 0.717) is 18.7 Å². The summed E-state index contributed by atoms with van der Waals surface area (Å²) < 4.78 is 5.64. The van der Waals surface area contributed by atoms with Gasteiger partial charge in [-0.25, -0.2) is 4.79 Å². The van der Waals surface area contributed by atoms with Crippen molar-refractivity contribution in [1.82, 2.24) is 4.90 Å². The molecule has 120 valence electrons. The van der Waals surface area contributed by atoms with Crippen LogP contribution in [0.25, 0.3) is 0 Å². The van der Waals surface area contributed by atoms with Gasteiger partial charge in [0, 0.05) is 12.1 Å². The molecule has 1 unspecified atom stereocenters. The maximum atomic E-state index is 12.7. The smallest absolute Gasteiger partial charge is 0.335 e. The lowest BCUT2D eigenvalue weighted by Gasteiger charge is -2.25. The second-order valence-electron chi connectivity index (χ2n) is 6.07. The number of carboxylic acids is 1. The van der Waals surface area contributed by atoms with Crippen molar-refractivity contribution in [3.05, 3.63) is 34.9 Å². The Hall–Kier alpha value is -1.88. The van der Waals surface area contributed by atoms with Crippen LogP contribution in [0.15, 0.2) is 18.2 Å². The summed E-state index contributed by atoms with van der Waals surface area (Å²) in [5, 5.41) is 9.13. The number of nitrogens with zero attached hydrogens (tertiary/aromatic N) is 1. The summed E-state index contributed by atoms with van der Waals surface area (Å²) in [6.45, 7) is 6.97. The molecule has 1 saturated heterocycles. The van der Waals surface area contributed by atoms with Crippen molar-refractivity contribution in [3.63, 3.8) is 0 Å². The second-order valence-corrected chi connectivity index (χ2v) is 6.07. The van der Waals surface area contributed by atoms with Crippen LogP contribution >= 0.6 is 0 Å². The predicted octanol–water partition coefficient (Wildman–Crippen LogP) is 2.72. The zero-order chi connectivity index (χ0) is 16.3. The number of aryl methyl sites for hydroxylation is 1. The van der Waals surface area contributed by atoms with Gasteiger partial charge in [-0.3, -0.25) is 4.79 Å². The zero-order valence-electron chi connectivity index (χ0n) is 13.3. The zero-order valence-corrected chi connectivity index (χ0v) is 13.3. The van der Waals surface area contributed by atoms with Crippen LogP contribution < -0.4 is 0 Å². The van der Waals surface area contributed by atoms with Gasteiger partial charge in [0.15, 0.2) is 0 Å². The van der Waals surface area contributed by atoms with Crippen molar-refractivity contribution in [1.29, 1.82) is 0 Å². The number of aromatic carboxylic acids is 1. The largest absolute Gasteiger partial charge is 0.478 e. The van der Waals surface area contributed by atoms with Crippen LogP contribution in [0.2, 0.25) is 0 Å². The molecule has 1 amide bonds. The van der Waals surface area contributed by atoms with E-state index in [2.05, 4.69) is 0 Å². The third-order valence-electron chi connectivity index (χ3n) is 3.83. The molecule has 0 spiro atoms. The molecule has 5 nitrogen and oxygen atoms in total. The van der Waals surface area contributed by atoms with Crippen molar-refractivity contribution in [2.24, 2.45) is 0 Å². The van der Waals surface area contributed by atoms with Gasteiger partial charge in [-0.15, -0.1) is 0 Å². The van der Waals surface area contributed by atoms with Crippen LogP contribution in [0.4, 0.5) is 0 Å². The number of hydrogen-bond donors (Lipinski definition) is 1. The first-order valence-corrected chi connectivity index (χ1v) is 7.66. The standard InChI is InChI=1S/C17H23NO4/c1-11(2)22-10-15-5-4-6-18(15)16(19)13-7-12(3)8-14(9-13)17(20)21/h7-9,11,15H,4-6,10H2,1-3H3,(H,20,21). The Morgan fingerprint density at radius 2 is 2.00 bits per heavy atom. The van der Waals surface area contributed by atoms with E-state index in [9.17, 15) is 9.59 Å². The topological polar surface area (TPSA) is 66.8 Å². The minimum Gasteiger partial charge on any atom is -0.478 e. The quantitative estimate of drug-likeness (QED) is 0.908. The Kier molecular flexibility index (Phi) is 5.19. The highest BCUT2D eigenvalue weighted by molar-refractivity contribution is 5.98. The van der Waals surface area contributed by atoms with Gasteiger partial charge in [-0.2, -0.15) is 0 Å². The number of amides is 1. The van der Waals surface area contributed by atoms with E-state index in [4.69, 9.17) is 9.84 Å². The Morgan fingerprint density at radius 1 is 1.32 bits per heavy atom. The number of likely N-dealkylation sites (tertiary alicyclic amines) is 1. The van der Waals surface area contributed by atoms with Gasteiger partial charge in [0.25, 0.3) is 5.91 Å². The number of ether oxygens (including phenoxy) is 1. The molecule has 0 saturated carbocycles. The van der Waals surface area contributed by atoms with E-state index in [1.807, 2.05) is 18.7 Å². The highest BCUT2D eigenvalue weighted by atomic mass is 16.5. The lowest BCUT2D eigenvalue weighted by molar-refractivity contribution is 0.0326. The van der Waals surface area contributed by atoms with E-state index >= 15 is 0 Å². The lowest BCUT2D eigenvalue weighted by Crippen LogP contribution is -2.38. The summed E-state index contributed by atoms with van der Waals surface area (Å²) in [5.74, 6) is -1.13. The minimum atomic E-state index is -1.01. The number of benzene rings is 1. The first-order chi connectivity index (χ1) is 10.4. The molecule has 1 aromatic rings. The summed E-state index contributed by atoms with van der Waals surface area (Å²) in [6.07, 6.45) is 2.01. The molecular formula is C17H23NO4. The van der Waals surface area contributed by atoms with Gasteiger partial charge in [0.1, 0.15) is 0 Å². The molecular weight excluding hydrogens is 282 g/mol. The number of carboxylic acid groups (broad SMARTS) is 1. The van der Waals surface area contributed by atoms with Crippen LogP contribution in [0.3, 0.4) is 0 Å². The molecule has 1 aliphatic heterocycles. The maximum Gasteiger partial charge on any atom is 0.335 e. The van der Waals surface area contributed by atoms with E-state index in [0.717, 1.165) is 18.4 Å². The molecule has 1 heterocycles. The first-order valence-electron chi connectivity index (χ1n) is 7.66. The molecule has 2 rings (SSSR count). The van der Waals surface area contributed by atoms with Gasteiger partial charge < -0.3 is 14.7 Å². The van der Waals surface area contributed by atoms with E-state index < -0.39 is 5.97 Å². The molecule has 0 aliphatic carbocycles. The number of rotatable bonds is 5. The average molecular weight is 305 g/mol. The van der Waals surface area contributed by atoms with Gasteiger partial charge in [-0.05, 0) is 57.4 Å². The third kappa shape index (κ3) is 3.85. The Balaban J connectivity index is 2.18. The fraction of sp³-hybridized carbons (Fsp3) is 0.529. The van der Waals surface area contributed by atoms with E-state index in [-0.39, 0.29) is 23.6 Å². The minimum absolute atomic E-state index is 0.0729. The van der Waals surface area contributed by atoms with Crippen LogP contribution in [0.1, 0.15) is 53.0 Å². The molecule has 1 aromatic carbocycles. The molecule has 5 heteroatoms. The van der Waals surface area contributed by atoms with Crippen LogP contribution in [0.5, 0.6) is 0 Å². The number of hydrogen-bond acceptors (Lipinski definition) is 3. The van der Waals surface area contributed by atoms with Crippen molar-refractivity contribution in [2.75, 3.05) is 13.2 Å². The molecule has 0 bridgehead atoms. The summed E-state index contributed by atoms with van der Waals surface area (Å²) in [6, 6.07) is 4.84. The van der Waals surface area contributed by atoms with Crippen LogP contribution in [0, 0.1) is 6.92 Å². The van der Waals surface area contributed by atoms with Gasteiger partial charge in [0.2, 0.25) is 0 Å². The maximum absolute atomic E-state index is 12.7.